The Bertz CT molecular complexity index is 868. The van der Waals surface area contributed by atoms with Crippen molar-refractivity contribution < 1.29 is 4.74 Å². The van der Waals surface area contributed by atoms with Gasteiger partial charge in [0, 0.05) is 36.3 Å². The highest BCUT2D eigenvalue weighted by Gasteiger charge is 2.24. The second kappa shape index (κ2) is 7.34. The van der Waals surface area contributed by atoms with Gasteiger partial charge in [0.25, 0.3) is 0 Å². The molecule has 0 bridgehead atoms. The van der Waals surface area contributed by atoms with Crippen LogP contribution in [0.5, 0.6) is 5.75 Å². The summed E-state index contributed by atoms with van der Waals surface area (Å²) in [6.07, 6.45) is 1.04. The van der Waals surface area contributed by atoms with E-state index < -0.39 is 0 Å². The number of aromatic nitrogens is 2. The quantitative estimate of drug-likeness (QED) is 0.699. The van der Waals surface area contributed by atoms with E-state index in [0.717, 1.165) is 43.1 Å². The van der Waals surface area contributed by atoms with Crippen molar-refractivity contribution in [3.05, 3.63) is 71.4 Å². The van der Waals surface area contributed by atoms with E-state index in [9.17, 15) is 0 Å². The summed E-state index contributed by atoms with van der Waals surface area (Å²) < 4.78 is 7.77. The third kappa shape index (κ3) is 3.37. The normalized spacial score (nSPS) is 14.2. The minimum atomic E-state index is 0.686. The molecule has 0 saturated carbocycles. The van der Waals surface area contributed by atoms with Gasteiger partial charge in [-0.25, -0.2) is 0 Å². The highest BCUT2D eigenvalue weighted by molar-refractivity contribution is 5.65. The van der Waals surface area contributed by atoms with Gasteiger partial charge in [0.2, 0.25) is 0 Å². The summed E-state index contributed by atoms with van der Waals surface area (Å²) >= 11 is 0. The summed E-state index contributed by atoms with van der Waals surface area (Å²) in [4.78, 5) is 2.37. The maximum absolute atomic E-state index is 5.58. The number of fused-ring (bicyclic) bond motifs is 1. The van der Waals surface area contributed by atoms with Gasteiger partial charge in [-0.2, -0.15) is 5.10 Å². The molecule has 0 radical (unpaired) electrons. The topological polar surface area (TPSA) is 30.3 Å². The van der Waals surface area contributed by atoms with Gasteiger partial charge in [-0.1, -0.05) is 30.3 Å². The van der Waals surface area contributed by atoms with Crippen LogP contribution in [0.4, 0.5) is 0 Å². The highest BCUT2D eigenvalue weighted by atomic mass is 16.5. The molecular formula is C22H25N3O. The monoisotopic (exact) mass is 347 g/mol. The molecule has 0 unspecified atom stereocenters. The van der Waals surface area contributed by atoms with E-state index >= 15 is 0 Å². The molecule has 4 heteroatoms. The Morgan fingerprint density at radius 3 is 2.54 bits per heavy atom. The molecule has 0 atom stereocenters. The van der Waals surface area contributed by atoms with Crippen LogP contribution in [0.2, 0.25) is 0 Å². The summed E-state index contributed by atoms with van der Waals surface area (Å²) in [5.74, 6) is 0.908. The molecule has 4 nitrogen and oxygen atoms in total. The third-order valence-electron chi connectivity index (χ3n) is 4.94. The Morgan fingerprint density at radius 1 is 1.04 bits per heavy atom. The fraction of sp³-hybridized carbons (Fsp3) is 0.318. The van der Waals surface area contributed by atoms with Crippen LogP contribution in [0.1, 0.15) is 23.7 Å². The van der Waals surface area contributed by atoms with Crippen LogP contribution >= 0.6 is 0 Å². The zero-order chi connectivity index (χ0) is 17.9. The largest absolute Gasteiger partial charge is 0.494 e. The van der Waals surface area contributed by atoms with Gasteiger partial charge >= 0.3 is 0 Å². The fourth-order valence-electron chi connectivity index (χ4n) is 3.62. The minimum Gasteiger partial charge on any atom is -0.494 e. The van der Waals surface area contributed by atoms with E-state index in [1.807, 2.05) is 19.1 Å². The Labute approximate surface area is 155 Å². The first-order valence-corrected chi connectivity index (χ1v) is 9.29. The summed E-state index contributed by atoms with van der Waals surface area (Å²) in [5, 5.41) is 5.02. The van der Waals surface area contributed by atoms with Crippen molar-refractivity contribution in [2.24, 2.45) is 0 Å². The molecule has 1 aliphatic rings. The van der Waals surface area contributed by atoms with Gasteiger partial charge in [0.1, 0.15) is 5.75 Å². The first-order chi connectivity index (χ1) is 12.7. The molecule has 0 fully saturated rings. The summed E-state index contributed by atoms with van der Waals surface area (Å²) in [7, 11) is 2.18. The molecule has 1 aliphatic heterocycles. The average Bonchev–Trinajstić information content (AvgIpc) is 3.01. The van der Waals surface area contributed by atoms with Gasteiger partial charge in [-0.3, -0.25) is 4.68 Å². The van der Waals surface area contributed by atoms with Gasteiger partial charge in [0.15, 0.2) is 0 Å². The van der Waals surface area contributed by atoms with Crippen molar-refractivity contribution in [1.29, 1.82) is 0 Å². The molecule has 3 aromatic rings. The second-order valence-corrected chi connectivity index (χ2v) is 6.86. The molecule has 4 rings (SSSR count). The van der Waals surface area contributed by atoms with E-state index in [1.165, 1.54) is 16.8 Å². The molecule has 0 amide bonds. The molecule has 2 aromatic carbocycles. The molecule has 2 heterocycles. The van der Waals surface area contributed by atoms with Crippen LogP contribution in [-0.2, 0) is 19.5 Å². The molecule has 0 N–H and O–H groups in total. The van der Waals surface area contributed by atoms with Crippen LogP contribution in [0, 0.1) is 0 Å². The number of likely N-dealkylation sites (N-methyl/N-ethyl adjacent to an activating group) is 1. The molecule has 26 heavy (non-hydrogen) atoms. The van der Waals surface area contributed by atoms with E-state index in [1.54, 1.807) is 0 Å². The maximum atomic E-state index is 5.58. The number of ether oxygens (including phenoxy) is 1. The summed E-state index contributed by atoms with van der Waals surface area (Å²) in [6.45, 7) is 5.55. The fourth-order valence-corrected chi connectivity index (χ4v) is 3.62. The predicted octanol–water partition coefficient (Wildman–Crippen LogP) is 3.99. The van der Waals surface area contributed by atoms with Crippen LogP contribution in [0.25, 0.3) is 11.3 Å². The lowest BCUT2D eigenvalue weighted by Gasteiger charge is -2.23. The standard InChI is InChI=1S/C22H25N3O/c1-3-26-19-11-9-18(10-12-19)22-20-16-24(2)14-13-21(20)25(23-22)15-17-7-5-4-6-8-17/h4-12H,3,13-16H2,1-2H3. The van der Waals surface area contributed by atoms with Crippen molar-refractivity contribution in [3.63, 3.8) is 0 Å². The maximum Gasteiger partial charge on any atom is 0.119 e. The number of nitrogens with zero attached hydrogens (tertiary/aromatic N) is 3. The number of hydrogen-bond acceptors (Lipinski definition) is 3. The highest BCUT2D eigenvalue weighted by Crippen LogP contribution is 2.31. The molecule has 134 valence electrons. The van der Waals surface area contributed by atoms with Crippen LogP contribution in [0.3, 0.4) is 0 Å². The molecule has 1 aromatic heterocycles. The van der Waals surface area contributed by atoms with Crippen molar-refractivity contribution in [1.82, 2.24) is 14.7 Å². The molecule has 0 saturated heterocycles. The summed E-state index contributed by atoms with van der Waals surface area (Å²) in [6, 6.07) is 18.9. The Balaban J connectivity index is 1.72. The Hall–Kier alpha value is -2.59. The lowest BCUT2D eigenvalue weighted by Crippen LogP contribution is -2.27. The first kappa shape index (κ1) is 16.9. The lowest BCUT2D eigenvalue weighted by molar-refractivity contribution is 0.308. The van der Waals surface area contributed by atoms with E-state index in [2.05, 4.69) is 59.1 Å². The minimum absolute atomic E-state index is 0.686. The number of hydrogen-bond donors (Lipinski definition) is 0. The lowest BCUT2D eigenvalue weighted by atomic mass is 10.0. The number of benzene rings is 2. The second-order valence-electron chi connectivity index (χ2n) is 6.86. The van der Waals surface area contributed by atoms with E-state index in [-0.39, 0.29) is 0 Å². The summed E-state index contributed by atoms with van der Waals surface area (Å²) in [5.41, 5.74) is 6.28. The smallest absolute Gasteiger partial charge is 0.119 e. The Kier molecular flexibility index (Phi) is 4.76. The average molecular weight is 347 g/mol. The third-order valence-corrected chi connectivity index (χ3v) is 4.94. The van der Waals surface area contributed by atoms with Gasteiger partial charge in [0.05, 0.1) is 18.8 Å². The van der Waals surface area contributed by atoms with Gasteiger partial charge in [-0.05, 0) is 43.8 Å². The zero-order valence-corrected chi connectivity index (χ0v) is 15.5. The first-order valence-electron chi connectivity index (χ1n) is 9.29. The van der Waals surface area contributed by atoms with Crippen molar-refractivity contribution in [3.8, 4) is 17.0 Å². The predicted molar refractivity (Wildman–Crippen MR) is 104 cm³/mol. The zero-order valence-electron chi connectivity index (χ0n) is 15.5. The van der Waals surface area contributed by atoms with Crippen LogP contribution in [-0.4, -0.2) is 34.9 Å². The van der Waals surface area contributed by atoms with Crippen molar-refractivity contribution >= 4 is 0 Å². The van der Waals surface area contributed by atoms with Crippen molar-refractivity contribution in [2.45, 2.75) is 26.4 Å². The van der Waals surface area contributed by atoms with Gasteiger partial charge in [-0.15, -0.1) is 0 Å². The van der Waals surface area contributed by atoms with E-state index in [4.69, 9.17) is 9.84 Å². The molecule has 0 aliphatic carbocycles. The van der Waals surface area contributed by atoms with Crippen molar-refractivity contribution in [2.75, 3.05) is 20.2 Å². The van der Waals surface area contributed by atoms with Gasteiger partial charge < -0.3 is 9.64 Å². The Morgan fingerprint density at radius 2 is 1.81 bits per heavy atom. The van der Waals surface area contributed by atoms with E-state index in [0.29, 0.717) is 6.61 Å². The molecular weight excluding hydrogens is 322 g/mol. The number of rotatable bonds is 5. The van der Waals surface area contributed by atoms with Crippen LogP contribution < -0.4 is 4.74 Å². The SMILES string of the molecule is CCOc1ccc(-c2nn(Cc3ccccc3)c3c2CN(C)CC3)cc1. The van der Waals surface area contributed by atoms with Crippen LogP contribution in [0.15, 0.2) is 54.6 Å². The molecule has 0 spiro atoms.